The minimum atomic E-state index is 0.400. The van der Waals surface area contributed by atoms with E-state index in [1.165, 1.54) is 0 Å². The Kier molecular flexibility index (Phi) is 2.56. The number of benzene rings is 1. The molecule has 74 valence electrons. The largest absolute Gasteiger partial charge is 0.238 e. The number of nitrogens with zero attached hydrogens (tertiary/aromatic N) is 4. The zero-order valence-corrected chi connectivity index (χ0v) is 8.53. The first kappa shape index (κ1) is 9.55. The Hall–Kier alpha value is -2.00. The van der Waals surface area contributed by atoms with Gasteiger partial charge in [-0.1, -0.05) is 22.4 Å². The number of nitriles is 1. The molecule has 0 spiro atoms. The molecule has 5 nitrogen and oxygen atoms in total. The van der Waals surface area contributed by atoms with E-state index in [9.17, 15) is 0 Å². The van der Waals surface area contributed by atoms with Crippen molar-refractivity contribution in [3.63, 3.8) is 0 Å². The number of H-pyrrole nitrogens is 1. The number of nitrogens with one attached hydrogen (secondary N) is 1. The number of tetrazole rings is 1. The van der Waals surface area contributed by atoms with Crippen LogP contribution in [0.2, 0.25) is 0 Å². The number of rotatable bonds is 2. The van der Waals surface area contributed by atoms with Crippen LogP contribution in [0.15, 0.2) is 24.3 Å². The zero-order valence-electron chi connectivity index (χ0n) is 7.71. The SMILES string of the molecule is N#Cc1cccc(Cn2[nH]nnc2=S)c1. The Morgan fingerprint density at radius 2 is 2.40 bits per heavy atom. The van der Waals surface area contributed by atoms with Gasteiger partial charge in [0.25, 0.3) is 0 Å². The quantitative estimate of drug-likeness (QED) is 0.769. The summed E-state index contributed by atoms with van der Waals surface area (Å²) in [7, 11) is 0. The van der Waals surface area contributed by atoms with Crippen LogP contribution in [-0.2, 0) is 6.54 Å². The molecule has 0 aliphatic rings. The van der Waals surface area contributed by atoms with Gasteiger partial charge in [-0.05, 0) is 29.9 Å². The second-order valence-electron chi connectivity index (χ2n) is 2.98. The molecule has 0 fully saturated rings. The fraction of sp³-hybridized carbons (Fsp3) is 0.111. The lowest BCUT2D eigenvalue weighted by molar-refractivity contribution is 0.642. The van der Waals surface area contributed by atoms with Crippen molar-refractivity contribution in [2.75, 3.05) is 0 Å². The molecule has 1 aromatic carbocycles. The van der Waals surface area contributed by atoms with Gasteiger partial charge in [0.05, 0.1) is 18.2 Å². The number of aromatic amines is 1. The second-order valence-corrected chi connectivity index (χ2v) is 3.35. The molecule has 2 aromatic rings. The van der Waals surface area contributed by atoms with Crippen molar-refractivity contribution in [1.29, 1.82) is 5.26 Å². The smallest absolute Gasteiger partial charge is 0.238 e. The van der Waals surface area contributed by atoms with Crippen molar-refractivity contribution in [3.05, 3.63) is 40.2 Å². The highest BCUT2D eigenvalue weighted by atomic mass is 32.1. The van der Waals surface area contributed by atoms with Crippen LogP contribution < -0.4 is 0 Å². The lowest BCUT2D eigenvalue weighted by atomic mass is 10.1. The van der Waals surface area contributed by atoms with Crippen LogP contribution in [0, 0.1) is 16.1 Å². The molecular formula is C9H7N5S. The van der Waals surface area contributed by atoms with Gasteiger partial charge in [0, 0.05) is 0 Å². The predicted molar refractivity (Wildman–Crippen MR) is 55.5 cm³/mol. The molecule has 15 heavy (non-hydrogen) atoms. The van der Waals surface area contributed by atoms with E-state index in [0.717, 1.165) is 5.56 Å². The van der Waals surface area contributed by atoms with Gasteiger partial charge in [0.15, 0.2) is 0 Å². The summed E-state index contributed by atoms with van der Waals surface area (Å²) in [4.78, 5) is 0. The average molecular weight is 217 g/mol. The number of hydrogen-bond donors (Lipinski definition) is 1. The van der Waals surface area contributed by atoms with Crippen LogP contribution in [0.1, 0.15) is 11.1 Å². The minimum Gasteiger partial charge on any atom is -0.238 e. The van der Waals surface area contributed by atoms with Crippen molar-refractivity contribution >= 4 is 12.2 Å². The van der Waals surface area contributed by atoms with E-state index in [0.29, 0.717) is 16.9 Å². The van der Waals surface area contributed by atoms with Crippen LogP contribution in [0.4, 0.5) is 0 Å². The van der Waals surface area contributed by atoms with E-state index in [2.05, 4.69) is 21.6 Å². The van der Waals surface area contributed by atoms with Crippen LogP contribution in [-0.4, -0.2) is 20.2 Å². The summed E-state index contributed by atoms with van der Waals surface area (Å²) in [6.45, 7) is 0.543. The molecule has 2 rings (SSSR count). The molecule has 0 bridgehead atoms. The molecular weight excluding hydrogens is 210 g/mol. The minimum absolute atomic E-state index is 0.400. The lowest BCUT2D eigenvalue weighted by Crippen LogP contribution is -2.02. The summed E-state index contributed by atoms with van der Waals surface area (Å²) in [5.74, 6) is 0. The summed E-state index contributed by atoms with van der Waals surface area (Å²) in [5, 5.41) is 18.6. The maximum absolute atomic E-state index is 8.73. The molecule has 0 atom stereocenters. The molecule has 6 heteroatoms. The van der Waals surface area contributed by atoms with Gasteiger partial charge in [0.2, 0.25) is 4.77 Å². The Balaban J connectivity index is 2.29. The molecule has 0 saturated heterocycles. The molecule has 0 aliphatic carbocycles. The highest BCUT2D eigenvalue weighted by Crippen LogP contribution is 2.05. The Labute approximate surface area is 91.0 Å². The molecule has 1 N–H and O–H groups in total. The van der Waals surface area contributed by atoms with Gasteiger partial charge < -0.3 is 0 Å². The maximum Gasteiger partial charge on any atom is 0.238 e. The third kappa shape index (κ3) is 2.08. The molecule has 1 aromatic heterocycles. The van der Waals surface area contributed by atoms with Crippen LogP contribution in [0.5, 0.6) is 0 Å². The fourth-order valence-corrected chi connectivity index (χ4v) is 1.39. The third-order valence-corrected chi connectivity index (χ3v) is 2.23. The van der Waals surface area contributed by atoms with Gasteiger partial charge in [-0.25, -0.2) is 4.68 Å². The van der Waals surface area contributed by atoms with Crippen molar-refractivity contribution < 1.29 is 0 Å². The standard InChI is InChI=1S/C9H7N5S/c10-5-7-2-1-3-8(4-7)6-14-9(15)11-12-13-14/h1-4H,6H2,(H,11,13,15). The first-order valence-electron chi connectivity index (χ1n) is 4.26. The first-order valence-corrected chi connectivity index (χ1v) is 4.67. The molecule has 0 radical (unpaired) electrons. The van der Waals surface area contributed by atoms with Crippen molar-refractivity contribution in [3.8, 4) is 6.07 Å². The zero-order chi connectivity index (χ0) is 10.7. The fourth-order valence-electron chi connectivity index (χ4n) is 1.24. The highest BCUT2D eigenvalue weighted by molar-refractivity contribution is 7.71. The normalized spacial score (nSPS) is 9.80. The summed E-state index contributed by atoms with van der Waals surface area (Å²) in [6, 6.07) is 9.41. The van der Waals surface area contributed by atoms with Gasteiger partial charge in [-0.3, -0.25) is 0 Å². The Morgan fingerprint density at radius 3 is 3.07 bits per heavy atom. The molecule has 0 amide bonds. The molecule has 1 heterocycles. The maximum atomic E-state index is 8.73. The topological polar surface area (TPSA) is 70.3 Å². The predicted octanol–water partition coefficient (Wildman–Crippen LogP) is 1.26. The van der Waals surface area contributed by atoms with Crippen molar-refractivity contribution in [2.45, 2.75) is 6.54 Å². The average Bonchev–Trinajstić information content (AvgIpc) is 2.65. The molecule has 0 saturated carbocycles. The van der Waals surface area contributed by atoms with E-state index in [1.54, 1.807) is 10.7 Å². The monoisotopic (exact) mass is 217 g/mol. The van der Waals surface area contributed by atoms with E-state index < -0.39 is 0 Å². The van der Waals surface area contributed by atoms with Gasteiger partial charge in [0.1, 0.15) is 0 Å². The van der Waals surface area contributed by atoms with E-state index in [-0.39, 0.29) is 0 Å². The van der Waals surface area contributed by atoms with Crippen molar-refractivity contribution in [1.82, 2.24) is 20.2 Å². The van der Waals surface area contributed by atoms with Gasteiger partial charge in [-0.15, -0.1) is 0 Å². The number of aromatic nitrogens is 4. The second kappa shape index (κ2) is 4.02. The van der Waals surface area contributed by atoms with Crippen LogP contribution in [0.25, 0.3) is 0 Å². The molecule has 0 aliphatic heterocycles. The first-order chi connectivity index (χ1) is 7.29. The van der Waals surface area contributed by atoms with Crippen LogP contribution in [0.3, 0.4) is 0 Å². The summed E-state index contributed by atoms with van der Waals surface area (Å²) in [6.07, 6.45) is 0. The lowest BCUT2D eigenvalue weighted by Gasteiger charge is -2.01. The highest BCUT2D eigenvalue weighted by Gasteiger charge is 1.98. The summed E-state index contributed by atoms with van der Waals surface area (Å²) < 4.78 is 2.03. The Bertz CT molecular complexity index is 562. The summed E-state index contributed by atoms with van der Waals surface area (Å²) >= 11 is 4.94. The summed E-state index contributed by atoms with van der Waals surface area (Å²) in [5.41, 5.74) is 1.61. The van der Waals surface area contributed by atoms with E-state index in [4.69, 9.17) is 17.5 Å². The van der Waals surface area contributed by atoms with Gasteiger partial charge >= 0.3 is 0 Å². The van der Waals surface area contributed by atoms with E-state index in [1.807, 2.05) is 18.2 Å². The number of hydrogen-bond acceptors (Lipinski definition) is 4. The third-order valence-electron chi connectivity index (χ3n) is 1.93. The molecule has 0 unspecified atom stereocenters. The van der Waals surface area contributed by atoms with Crippen molar-refractivity contribution in [2.24, 2.45) is 0 Å². The van der Waals surface area contributed by atoms with E-state index >= 15 is 0 Å². The van der Waals surface area contributed by atoms with Gasteiger partial charge in [-0.2, -0.15) is 10.5 Å². The Morgan fingerprint density at radius 1 is 1.53 bits per heavy atom. The van der Waals surface area contributed by atoms with Crippen LogP contribution >= 0.6 is 12.2 Å².